The lowest BCUT2D eigenvalue weighted by atomic mass is 10.2. The number of aliphatic hydroxyl groups excluding tert-OH is 1. The molecule has 314 valence electrons. The highest BCUT2D eigenvalue weighted by Crippen LogP contribution is 2.43. The van der Waals surface area contributed by atoms with E-state index in [1.165, 1.54) is 0 Å². The fourth-order valence-corrected chi connectivity index (χ4v) is 5.25. The molecule has 0 aromatic rings. The summed E-state index contributed by atoms with van der Waals surface area (Å²) in [5.74, 6) is -1.01. The van der Waals surface area contributed by atoms with E-state index in [4.69, 9.17) is 24.3 Å². The lowest BCUT2D eigenvalue weighted by Gasteiger charge is -2.19. The quantitative estimate of drug-likeness (QED) is 0.0185. The first-order valence-electron chi connectivity index (χ1n) is 20.1. The first-order chi connectivity index (χ1) is 27.2. The van der Waals surface area contributed by atoms with E-state index in [0.717, 1.165) is 51.4 Å². The number of rotatable bonds is 35. The zero-order chi connectivity index (χ0) is 41.2. The summed E-state index contributed by atoms with van der Waals surface area (Å²) in [6.45, 7) is 3.19. The molecule has 10 nitrogen and oxygen atoms in total. The van der Waals surface area contributed by atoms with Crippen LogP contribution in [0.15, 0.2) is 122 Å². The van der Waals surface area contributed by atoms with Crippen molar-refractivity contribution in [2.24, 2.45) is 5.73 Å². The standard InChI is InChI=1S/C45H70NO9P/c1-3-5-7-8-9-10-11-12-13-14-15-16-21-24-27-30-33-37-45(49)55-43(41-54-56(50,51)53-39-38-46)40-52-44(48)36-32-29-26-23-20-18-17-19-22-25-28-31-35-42(47)34-6-4-2/h5-7,9-10,12-13,15-18,22-28,31,34,42-43,47H,3-4,8,11,14,19-21,29-30,32-33,35-41,46H2,1-2H3,(H,50,51)/b7-5-,10-9-,13-12-,16-15-,18-17-,25-22-,26-23-,27-24-,31-28+,34-6-/t42?,43-/m1/s1. The molecule has 0 heterocycles. The molecule has 0 aromatic heterocycles. The van der Waals surface area contributed by atoms with Gasteiger partial charge in [-0.05, 0) is 83.5 Å². The molecule has 0 fully saturated rings. The Bertz CT molecular complexity index is 1340. The van der Waals surface area contributed by atoms with Crippen molar-refractivity contribution >= 4 is 19.8 Å². The molecule has 3 atom stereocenters. The molecule has 0 aromatic carbocycles. The summed E-state index contributed by atoms with van der Waals surface area (Å²) in [6.07, 6.45) is 50.1. The molecule has 0 saturated heterocycles. The Kier molecular flexibility index (Phi) is 37.0. The van der Waals surface area contributed by atoms with Crippen LogP contribution in [0.4, 0.5) is 0 Å². The van der Waals surface area contributed by atoms with E-state index in [0.29, 0.717) is 32.1 Å². The highest BCUT2D eigenvalue weighted by molar-refractivity contribution is 7.47. The highest BCUT2D eigenvalue weighted by atomic mass is 31.2. The average Bonchev–Trinajstić information content (AvgIpc) is 3.18. The number of ether oxygens (including phenoxy) is 2. The van der Waals surface area contributed by atoms with Crippen LogP contribution in [0.5, 0.6) is 0 Å². The maximum atomic E-state index is 12.5. The smallest absolute Gasteiger partial charge is 0.462 e. The zero-order valence-electron chi connectivity index (χ0n) is 33.9. The monoisotopic (exact) mass is 799 g/mol. The maximum Gasteiger partial charge on any atom is 0.472 e. The third kappa shape index (κ3) is 38.6. The maximum absolute atomic E-state index is 12.5. The number of phosphoric ester groups is 1. The number of carbonyl (C=O) groups is 2. The summed E-state index contributed by atoms with van der Waals surface area (Å²) in [6, 6.07) is 0. The highest BCUT2D eigenvalue weighted by Gasteiger charge is 2.25. The summed E-state index contributed by atoms with van der Waals surface area (Å²) in [4.78, 5) is 34.8. The molecule has 0 saturated carbocycles. The van der Waals surface area contributed by atoms with Crippen molar-refractivity contribution in [2.45, 2.75) is 122 Å². The molecule has 0 amide bonds. The van der Waals surface area contributed by atoms with Gasteiger partial charge in [0.1, 0.15) is 6.61 Å². The Balaban J connectivity index is 4.46. The predicted molar refractivity (Wildman–Crippen MR) is 230 cm³/mol. The van der Waals surface area contributed by atoms with Gasteiger partial charge in [0, 0.05) is 19.4 Å². The number of unbranched alkanes of at least 4 members (excludes halogenated alkanes) is 2. The summed E-state index contributed by atoms with van der Waals surface area (Å²) >= 11 is 0. The predicted octanol–water partition coefficient (Wildman–Crippen LogP) is 10.3. The molecule has 0 bridgehead atoms. The lowest BCUT2D eigenvalue weighted by Crippen LogP contribution is -2.29. The molecule has 11 heteroatoms. The Morgan fingerprint density at radius 2 is 1.11 bits per heavy atom. The number of phosphoric acid groups is 1. The van der Waals surface area contributed by atoms with Crippen LogP contribution in [0.3, 0.4) is 0 Å². The molecule has 0 aliphatic heterocycles. The lowest BCUT2D eigenvalue weighted by molar-refractivity contribution is -0.161. The van der Waals surface area contributed by atoms with Crippen LogP contribution < -0.4 is 5.73 Å². The van der Waals surface area contributed by atoms with Crippen molar-refractivity contribution < 1.29 is 42.7 Å². The molecule has 4 N–H and O–H groups in total. The number of hydrogen-bond acceptors (Lipinski definition) is 9. The van der Waals surface area contributed by atoms with Crippen LogP contribution >= 0.6 is 7.82 Å². The first kappa shape index (κ1) is 52.4. The number of allylic oxidation sites excluding steroid dienone is 18. The Morgan fingerprint density at radius 1 is 0.625 bits per heavy atom. The Morgan fingerprint density at radius 3 is 1.64 bits per heavy atom. The summed E-state index contributed by atoms with van der Waals surface area (Å²) in [5, 5.41) is 9.75. The van der Waals surface area contributed by atoms with E-state index < -0.39 is 38.6 Å². The normalized spacial score (nSPS) is 15.2. The van der Waals surface area contributed by atoms with E-state index in [1.54, 1.807) is 0 Å². The number of esters is 2. The van der Waals surface area contributed by atoms with Gasteiger partial charge in [-0.1, -0.05) is 135 Å². The SMILES string of the molecule is CC/C=C\C/C=C\C/C=C\C/C=C\C/C=C\CCCC(=O)O[C@H](COC(=O)CCC/C=C\C/C=C\C/C=C\C=C\CC(O)/C=C\CC)COP(=O)(O)OCCN. The van der Waals surface area contributed by atoms with Crippen LogP contribution in [0.1, 0.15) is 110 Å². The van der Waals surface area contributed by atoms with Gasteiger partial charge in [0.15, 0.2) is 6.10 Å². The van der Waals surface area contributed by atoms with E-state index in [2.05, 4.69) is 67.7 Å². The fourth-order valence-electron chi connectivity index (χ4n) is 4.49. The molecule has 2 unspecified atom stereocenters. The Labute approximate surface area is 337 Å². The molecule has 0 rings (SSSR count). The Hall–Kier alpha value is -3.63. The minimum atomic E-state index is -4.42. The number of carbonyl (C=O) groups excluding carboxylic acids is 2. The second-order valence-corrected chi connectivity index (χ2v) is 14.0. The van der Waals surface area contributed by atoms with Gasteiger partial charge in [-0.25, -0.2) is 4.57 Å². The largest absolute Gasteiger partial charge is 0.472 e. The van der Waals surface area contributed by atoms with Crippen molar-refractivity contribution in [1.82, 2.24) is 0 Å². The van der Waals surface area contributed by atoms with Crippen LogP contribution in [0.25, 0.3) is 0 Å². The van der Waals surface area contributed by atoms with Gasteiger partial charge in [-0.3, -0.25) is 18.6 Å². The van der Waals surface area contributed by atoms with Crippen molar-refractivity contribution in [3.8, 4) is 0 Å². The summed E-state index contributed by atoms with van der Waals surface area (Å²) in [7, 11) is -4.42. The van der Waals surface area contributed by atoms with E-state index in [9.17, 15) is 24.2 Å². The fraction of sp³-hybridized carbons (Fsp3) is 0.511. The van der Waals surface area contributed by atoms with Gasteiger partial charge < -0.3 is 25.2 Å². The second-order valence-electron chi connectivity index (χ2n) is 12.6. The molecule has 0 spiro atoms. The topological polar surface area (TPSA) is 155 Å². The van der Waals surface area contributed by atoms with Gasteiger partial charge in [0.2, 0.25) is 0 Å². The van der Waals surface area contributed by atoms with Gasteiger partial charge in [0.05, 0.1) is 19.3 Å². The molecule has 56 heavy (non-hydrogen) atoms. The summed E-state index contributed by atoms with van der Waals surface area (Å²) in [5.41, 5.74) is 5.33. The van der Waals surface area contributed by atoms with Crippen molar-refractivity contribution in [1.29, 1.82) is 0 Å². The van der Waals surface area contributed by atoms with E-state index in [1.807, 2.05) is 67.7 Å². The van der Waals surface area contributed by atoms with Crippen molar-refractivity contribution in [3.63, 3.8) is 0 Å². The third-order valence-electron chi connectivity index (χ3n) is 7.42. The number of hydrogen-bond donors (Lipinski definition) is 3. The number of nitrogens with two attached hydrogens (primary N) is 1. The van der Waals surface area contributed by atoms with Crippen LogP contribution in [0, 0.1) is 0 Å². The van der Waals surface area contributed by atoms with E-state index >= 15 is 0 Å². The van der Waals surface area contributed by atoms with Crippen LogP contribution in [0.2, 0.25) is 0 Å². The third-order valence-corrected chi connectivity index (χ3v) is 8.40. The molecule has 0 aliphatic rings. The summed E-state index contributed by atoms with van der Waals surface area (Å²) < 4.78 is 32.6. The minimum absolute atomic E-state index is 0.0227. The molecule has 0 aliphatic carbocycles. The first-order valence-corrected chi connectivity index (χ1v) is 21.6. The van der Waals surface area contributed by atoms with Crippen molar-refractivity contribution in [2.75, 3.05) is 26.4 Å². The second kappa shape index (κ2) is 39.6. The van der Waals surface area contributed by atoms with Gasteiger partial charge in [-0.2, -0.15) is 0 Å². The van der Waals surface area contributed by atoms with Gasteiger partial charge in [-0.15, -0.1) is 0 Å². The van der Waals surface area contributed by atoms with Gasteiger partial charge in [0.25, 0.3) is 0 Å². The average molecular weight is 800 g/mol. The molecule has 0 radical (unpaired) electrons. The van der Waals surface area contributed by atoms with Gasteiger partial charge >= 0.3 is 19.8 Å². The van der Waals surface area contributed by atoms with Crippen LogP contribution in [-0.2, 0) is 32.7 Å². The molecular weight excluding hydrogens is 729 g/mol. The zero-order valence-corrected chi connectivity index (χ0v) is 34.8. The molecular formula is C45H70NO9P. The van der Waals surface area contributed by atoms with Crippen LogP contribution in [-0.4, -0.2) is 60.5 Å². The van der Waals surface area contributed by atoms with E-state index in [-0.39, 0.29) is 32.6 Å². The van der Waals surface area contributed by atoms with Crippen molar-refractivity contribution in [3.05, 3.63) is 122 Å². The number of aliphatic hydroxyl groups is 1. The minimum Gasteiger partial charge on any atom is -0.462 e.